The van der Waals surface area contributed by atoms with Gasteiger partial charge in [0.05, 0.1) is 26.5 Å². The van der Waals surface area contributed by atoms with Gasteiger partial charge in [-0.25, -0.2) is 0 Å². The van der Waals surface area contributed by atoms with Crippen LogP contribution >= 0.6 is 0 Å². The van der Waals surface area contributed by atoms with Gasteiger partial charge in [-0.15, -0.1) is 0 Å². The fourth-order valence-electron chi connectivity index (χ4n) is 2.78. The first-order valence-electron chi connectivity index (χ1n) is 8.28. The van der Waals surface area contributed by atoms with Gasteiger partial charge in [0.15, 0.2) is 0 Å². The fraction of sp³-hybridized carbons (Fsp3) is 0.444. The zero-order valence-corrected chi connectivity index (χ0v) is 14.0. The molecule has 1 amide bonds. The zero-order valence-electron chi connectivity index (χ0n) is 14.0. The van der Waals surface area contributed by atoms with Crippen LogP contribution in [-0.4, -0.2) is 54.0 Å². The Morgan fingerprint density at radius 1 is 1.21 bits per heavy atom. The van der Waals surface area contributed by atoms with Crippen LogP contribution in [0.2, 0.25) is 0 Å². The molecule has 1 aromatic carbocycles. The minimum absolute atomic E-state index is 0.209. The van der Waals surface area contributed by atoms with Crippen molar-refractivity contribution in [2.45, 2.75) is 19.4 Å². The maximum Gasteiger partial charge on any atom is 0.222 e. The highest BCUT2D eigenvalue weighted by atomic mass is 16.5. The van der Waals surface area contributed by atoms with Gasteiger partial charge in [0.1, 0.15) is 5.75 Å². The Morgan fingerprint density at radius 3 is 2.67 bits per heavy atom. The van der Waals surface area contributed by atoms with E-state index in [1.807, 2.05) is 46.2 Å². The SMILES string of the molecule is COc1ccc(-c2cnn(CCCC(=O)N3CCOCC3)c2)cc1. The summed E-state index contributed by atoms with van der Waals surface area (Å²) in [6.45, 7) is 3.46. The highest BCUT2D eigenvalue weighted by molar-refractivity contribution is 5.76. The lowest BCUT2D eigenvalue weighted by molar-refractivity contribution is -0.135. The van der Waals surface area contributed by atoms with Crippen LogP contribution in [0.15, 0.2) is 36.7 Å². The standard InChI is InChI=1S/C18H23N3O3/c1-23-17-6-4-15(5-7-17)16-13-19-21(14-16)8-2-3-18(22)20-9-11-24-12-10-20/h4-7,13-14H,2-3,8-12H2,1H3. The van der Waals surface area contributed by atoms with E-state index in [4.69, 9.17) is 9.47 Å². The second-order valence-electron chi connectivity index (χ2n) is 5.82. The Morgan fingerprint density at radius 2 is 1.96 bits per heavy atom. The molecule has 0 N–H and O–H groups in total. The minimum Gasteiger partial charge on any atom is -0.497 e. The van der Waals surface area contributed by atoms with E-state index < -0.39 is 0 Å². The van der Waals surface area contributed by atoms with E-state index in [-0.39, 0.29) is 5.91 Å². The summed E-state index contributed by atoms with van der Waals surface area (Å²) in [6, 6.07) is 7.91. The van der Waals surface area contributed by atoms with Gasteiger partial charge in [-0.1, -0.05) is 12.1 Å². The predicted octanol–water partition coefficient (Wildman–Crippen LogP) is 2.20. The molecule has 0 bridgehead atoms. The molecule has 128 valence electrons. The molecular formula is C18H23N3O3. The summed E-state index contributed by atoms with van der Waals surface area (Å²) in [6.07, 6.45) is 5.21. The van der Waals surface area contributed by atoms with Crippen molar-refractivity contribution >= 4 is 5.91 Å². The lowest BCUT2D eigenvalue weighted by Crippen LogP contribution is -2.40. The highest BCUT2D eigenvalue weighted by Crippen LogP contribution is 2.21. The summed E-state index contributed by atoms with van der Waals surface area (Å²) in [4.78, 5) is 14.0. The average Bonchev–Trinajstić information content (AvgIpc) is 3.11. The third-order valence-corrected chi connectivity index (χ3v) is 4.20. The summed E-state index contributed by atoms with van der Waals surface area (Å²) >= 11 is 0. The lowest BCUT2D eigenvalue weighted by atomic mass is 10.1. The average molecular weight is 329 g/mol. The molecule has 0 aliphatic carbocycles. The molecule has 2 heterocycles. The van der Waals surface area contributed by atoms with Crippen LogP contribution in [0.3, 0.4) is 0 Å². The van der Waals surface area contributed by atoms with Crippen LogP contribution in [0.25, 0.3) is 11.1 Å². The Labute approximate surface area is 142 Å². The summed E-state index contributed by atoms with van der Waals surface area (Å²) in [7, 11) is 1.66. The molecule has 24 heavy (non-hydrogen) atoms. The monoisotopic (exact) mass is 329 g/mol. The Kier molecular flexibility index (Phi) is 5.48. The molecule has 0 atom stereocenters. The molecule has 6 nitrogen and oxygen atoms in total. The number of aryl methyl sites for hydroxylation is 1. The van der Waals surface area contributed by atoms with E-state index in [9.17, 15) is 4.79 Å². The Hall–Kier alpha value is -2.34. The molecule has 0 spiro atoms. The molecular weight excluding hydrogens is 306 g/mol. The molecule has 3 rings (SSSR count). The first-order chi connectivity index (χ1) is 11.8. The number of amides is 1. The van der Waals surface area contributed by atoms with Gasteiger partial charge in [0, 0.05) is 37.8 Å². The van der Waals surface area contributed by atoms with Crippen molar-refractivity contribution in [1.29, 1.82) is 0 Å². The molecule has 0 saturated carbocycles. The van der Waals surface area contributed by atoms with E-state index in [0.29, 0.717) is 32.7 Å². The molecule has 1 aromatic heterocycles. The second kappa shape index (κ2) is 7.97. The van der Waals surface area contributed by atoms with Crippen molar-refractivity contribution in [3.8, 4) is 16.9 Å². The van der Waals surface area contributed by atoms with Crippen molar-refractivity contribution in [2.24, 2.45) is 0 Å². The highest BCUT2D eigenvalue weighted by Gasteiger charge is 2.16. The summed E-state index contributed by atoms with van der Waals surface area (Å²) < 4.78 is 12.3. The van der Waals surface area contributed by atoms with E-state index in [0.717, 1.165) is 29.8 Å². The Bertz CT molecular complexity index is 660. The molecule has 1 fully saturated rings. The van der Waals surface area contributed by atoms with Crippen LogP contribution in [0.5, 0.6) is 5.75 Å². The third-order valence-electron chi connectivity index (χ3n) is 4.20. The zero-order chi connectivity index (χ0) is 16.8. The molecule has 1 aliphatic rings. The fourth-order valence-corrected chi connectivity index (χ4v) is 2.78. The number of rotatable bonds is 6. The second-order valence-corrected chi connectivity index (χ2v) is 5.82. The summed E-state index contributed by atoms with van der Waals surface area (Å²) in [5.74, 6) is 1.05. The number of nitrogens with zero attached hydrogens (tertiary/aromatic N) is 3. The number of hydrogen-bond donors (Lipinski definition) is 0. The van der Waals surface area contributed by atoms with Gasteiger partial charge in [-0.3, -0.25) is 9.48 Å². The Balaban J connectivity index is 1.49. The summed E-state index contributed by atoms with van der Waals surface area (Å²) in [5, 5.41) is 4.39. The van der Waals surface area contributed by atoms with Gasteiger partial charge in [0.2, 0.25) is 5.91 Å². The van der Waals surface area contributed by atoms with Gasteiger partial charge < -0.3 is 14.4 Å². The van der Waals surface area contributed by atoms with Crippen molar-refractivity contribution in [3.05, 3.63) is 36.7 Å². The first kappa shape index (κ1) is 16.5. The van der Waals surface area contributed by atoms with Crippen LogP contribution in [0.4, 0.5) is 0 Å². The van der Waals surface area contributed by atoms with Crippen molar-refractivity contribution in [3.63, 3.8) is 0 Å². The van der Waals surface area contributed by atoms with Crippen LogP contribution < -0.4 is 4.74 Å². The maximum atomic E-state index is 12.1. The molecule has 1 aliphatic heterocycles. The van der Waals surface area contributed by atoms with Crippen molar-refractivity contribution in [1.82, 2.24) is 14.7 Å². The number of carbonyl (C=O) groups excluding carboxylic acids is 1. The van der Waals surface area contributed by atoms with E-state index in [1.54, 1.807) is 7.11 Å². The molecule has 2 aromatic rings. The van der Waals surface area contributed by atoms with E-state index in [1.165, 1.54) is 0 Å². The first-order valence-corrected chi connectivity index (χ1v) is 8.28. The van der Waals surface area contributed by atoms with E-state index in [2.05, 4.69) is 5.10 Å². The third kappa shape index (κ3) is 4.14. The van der Waals surface area contributed by atoms with Gasteiger partial charge in [-0.05, 0) is 24.1 Å². The normalized spacial score (nSPS) is 14.6. The number of aromatic nitrogens is 2. The van der Waals surface area contributed by atoms with Crippen molar-refractivity contribution < 1.29 is 14.3 Å². The lowest BCUT2D eigenvalue weighted by Gasteiger charge is -2.26. The number of morpholine rings is 1. The topological polar surface area (TPSA) is 56.6 Å². The number of benzene rings is 1. The molecule has 0 unspecified atom stereocenters. The number of methoxy groups -OCH3 is 1. The molecule has 6 heteroatoms. The predicted molar refractivity (Wildman–Crippen MR) is 90.8 cm³/mol. The number of carbonyl (C=O) groups is 1. The van der Waals surface area contributed by atoms with Gasteiger partial charge in [0.25, 0.3) is 0 Å². The van der Waals surface area contributed by atoms with E-state index >= 15 is 0 Å². The minimum atomic E-state index is 0.209. The van der Waals surface area contributed by atoms with Crippen molar-refractivity contribution in [2.75, 3.05) is 33.4 Å². The van der Waals surface area contributed by atoms with Crippen LogP contribution in [-0.2, 0) is 16.1 Å². The summed E-state index contributed by atoms with van der Waals surface area (Å²) in [5.41, 5.74) is 2.17. The van der Waals surface area contributed by atoms with Crippen LogP contribution in [0, 0.1) is 0 Å². The van der Waals surface area contributed by atoms with Gasteiger partial charge >= 0.3 is 0 Å². The smallest absolute Gasteiger partial charge is 0.222 e. The number of hydrogen-bond acceptors (Lipinski definition) is 4. The van der Waals surface area contributed by atoms with Gasteiger partial charge in [-0.2, -0.15) is 5.10 Å². The van der Waals surface area contributed by atoms with Crippen LogP contribution in [0.1, 0.15) is 12.8 Å². The maximum absolute atomic E-state index is 12.1. The largest absolute Gasteiger partial charge is 0.497 e. The quantitative estimate of drug-likeness (QED) is 0.815. The number of ether oxygens (including phenoxy) is 2. The molecule has 0 radical (unpaired) electrons. The molecule has 1 saturated heterocycles.